The highest BCUT2D eigenvalue weighted by Crippen LogP contribution is 2.55. The summed E-state index contributed by atoms with van der Waals surface area (Å²) < 4.78 is 48.6. The van der Waals surface area contributed by atoms with Crippen molar-refractivity contribution in [3.05, 3.63) is 90.8 Å². The normalized spacial score (nSPS) is 25.1. The number of thiophene rings is 2. The molecule has 0 spiro atoms. The molecule has 14 rings (SSSR count). The third-order valence-electron chi connectivity index (χ3n) is 18.0. The summed E-state index contributed by atoms with van der Waals surface area (Å²) in [5, 5.41) is 16.7. The van der Waals surface area contributed by atoms with E-state index in [9.17, 15) is 16.8 Å². The topological polar surface area (TPSA) is 176 Å². The molecule has 76 heavy (non-hydrogen) atoms. The van der Waals surface area contributed by atoms with E-state index < -0.39 is 19.7 Å². The van der Waals surface area contributed by atoms with Gasteiger partial charge >= 0.3 is 0 Å². The number of aromatic nitrogens is 8. The van der Waals surface area contributed by atoms with E-state index in [0.29, 0.717) is 53.4 Å². The maximum Gasteiger partial charge on any atom is 0.171 e. The minimum absolute atomic E-state index is 0. The molecule has 0 aromatic carbocycles. The number of pyridine rings is 2. The van der Waals surface area contributed by atoms with Gasteiger partial charge in [-0.05, 0) is 167 Å². The van der Waals surface area contributed by atoms with Crippen LogP contribution in [0.2, 0.25) is 0 Å². The lowest BCUT2D eigenvalue weighted by Crippen LogP contribution is -2.43. The number of nitrogens with zero attached hydrogens (tertiary/aromatic N) is 7. The van der Waals surface area contributed by atoms with Crippen LogP contribution >= 0.6 is 22.7 Å². The molecule has 2 saturated carbocycles. The quantitative estimate of drug-likeness (QED) is 0.139. The summed E-state index contributed by atoms with van der Waals surface area (Å²) in [5.74, 6) is 4.65. The van der Waals surface area contributed by atoms with Crippen molar-refractivity contribution >= 4 is 74.1 Å². The Kier molecular flexibility index (Phi) is 14.5. The van der Waals surface area contributed by atoms with E-state index in [-0.39, 0.29) is 20.9 Å². The Labute approximate surface area is 457 Å². The molecule has 3 saturated heterocycles. The van der Waals surface area contributed by atoms with Crippen molar-refractivity contribution in [2.45, 2.75) is 164 Å². The molecule has 18 heteroatoms. The van der Waals surface area contributed by atoms with Crippen LogP contribution in [0.1, 0.15) is 159 Å². The third kappa shape index (κ3) is 9.11. The lowest BCUT2D eigenvalue weighted by atomic mass is 9.88. The molecule has 5 fully saturated rings. The second kappa shape index (κ2) is 20.2. The summed E-state index contributed by atoms with van der Waals surface area (Å²) in [6.07, 6.45) is 15.8. The van der Waals surface area contributed by atoms with Gasteiger partial charge in [0.05, 0.1) is 28.6 Å². The van der Waals surface area contributed by atoms with E-state index in [1.165, 1.54) is 119 Å². The zero-order valence-electron chi connectivity index (χ0n) is 44.3. The van der Waals surface area contributed by atoms with Crippen molar-refractivity contribution in [2.24, 2.45) is 11.8 Å². The highest BCUT2D eigenvalue weighted by molar-refractivity contribution is 7.94. The van der Waals surface area contributed by atoms with Gasteiger partial charge in [-0.2, -0.15) is 10.2 Å². The number of aryl methyl sites for hydroxylation is 4. The van der Waals surface area contributed by atoms with Gasteiger partial charge in [-0.25, -0.2) is 35.8 Å². The fourth-order valence-electron chi connectivity index (χ4n) is 14.2. The monoisotopic (exact) mass is 1110 g/mol. The van der Waals surface area contributed by atoms with Crippen molar-refractivity contribution in [3.8, 4) is 22.5 Å². The molecule has 8 aromatic heterocycles. The van der Waals surface area contributed by atoms with Crippen LogP contribution < -0.4 is 5.32 Å². The predicted octanol–water partition coefficient (Wildman–Crippen LogP) is 12.4. The zero-order chi connectivity index (χ0) is 51.9. The minimum atomic E-state index is -2.84. The van der Waals surface area contributed by atoms with Gasteiger partial charge in [-0.1, -0.05) is 48.6 Å². The van der Waals surface area contributed by atoms with Crippen LogP contribution in [0.4, 0.5) is 0 Å². The molecule has 12 heterocycles. The molecular weight excluding hydrogens is 1030 g/mol. The number of aromatic amines is 2. The van der Waals surface area contributed by atoms with Crippen molar-refractivity contribution in [1.82, 2.24) is 49.4 Å². The second-order valence-electron chi connectivity index (χ2n) is 23.1. The molecule has 8 aromatic rings. The molecule has 0 radical (unpaired) electrons. The second-order valence-corrected chi connectivity index (χ2v) is 29.4. The van der Waals surface area contributed by atoms with Crippen LogP contribution in [0.5, 0.6) is 0 Å². The Hall–Kier alpha value is -4.72. The summed E-state index contributed by atoms with van der Waals surface area (Å²) in [4.78, 5) is 24.9. The first-order valence-corrected chi connectivity index (χ1v) is 31.9. The Bertz CT molecular complexity index is 3790. The van der Waals surface area contributed by atoms with Gasteiger partial charge in [0, 0.05) is 74.1 Å². The van der Waals surface area contributed by atoms with Crippen LogP contribution in [-0.2, 0) is 19.7 Å². The summed E-state index contributed by atoms with van der Waals surface area (Å²) in [6.45, 7) is 24.8. The highest BCUT2D eigenvalue weighted by Gasteiger charge is 2.50. The number of allylic oxidation sites excluding steroid dienone is 1. The third-order valence-corrected chi connectivity index (χ3v) is 23.9. The summed E-state index contributed by atoms with van der Waals surface area (Å²) in [7, 11) is -5.57. The van der Waals surface area contributed by atoms with E-state index in [4.69, 9.17) is 0 Å². The Morgan fingerprint density at radius 2 is 1.18 bits per heavy atom. The first-order chi connectivity index (χ1) is 35.3. The SMILES string of the molecule is C.C.Cc1c(-c2[nH]c3sc([C@@H]4C[C@@H]5C[C@H]4CN5)c(C)c3c2C(C)C)cn2ncnc2c1C.Cc1c(-c2[nH]c3sc([C@@H]4C[C@@H]5C[C@H]4CN5C4CCS(=O)(=O)C4)c(C)c3c2C(C)C)cn2ncnc2c1C.O=S1(=O)C=CCC1. The largest absolute Gasteiger partial charge is 0.346 e. The molecule has 2 aliphatic carbocycles. The van der Waals surface area contributed by atoms with Crippen molar-refractivity contribution in [3.63, 3.8) is 0 Å². The molecule has 7 atom stereocenters. The van der Waals surface area contributed by atoms with Crippen LogP contribution in [-0.4, -0.2) is 109 Å². The number of piperidine rings is 2. The maximum absolute atomic E-state index is 12.1. The van der Waals surface area contributed by atoms with Crippen LogP contribution in [0, 0.1) is 53.4 Å². The van der Waals surface area contributed by atoms with Crippen LogP contribution in [0.15, 0.2) is 36.5 Å². The number of hydrogen-bond acceptors (Lipinski definition) is 12. The summed E-state index contributed by atoms with van der Waals surface area (Å²) in [6, 6.07) is 1.51. The number of fused-ring (bicyclic) bond motifs is 8. The predicted molar refractivity (Wildman–Crippen MR) is 314 cm³/mol. The fourth-order valence-corrected chi connectivity index (χ4v) is 19.8. The van der Waals surface area contributed by atoms with Crippen LogP contribution in [0.3, 0.4) is 0 Å². The van der Waals surface area contributed by atoms with E-state index >= 15 is 0 Å². The van der Waals surface area contributed by atoms with Gasteiger partial charge in [-0.15, -0.1) is 22.7 Å². The lowest BCUT2D eigenvalue weighted by molar-refractivity contribution is 0.153. The first kappa shape index (κ1) is 54.6. The van der Waals surface area contributed by atoms with Crippen molar-refractivity contribution in [2.75, 3.05) is 30.3 Å². The van der Waals surface area contributed by atoms with Gasteiger partial charge in [0.25, 0.3) is 0 Å². The number of sulfone groups is 2. The number of likely N-dealkylation sites (tertiary alicyclic amines) is 1. The van der Waals surface area contributed by atoms with Gasteiger partial charge in [-0.3, -0.25) is 4.90 Å². The molecule has 1 unspecified atom stereocenters. The molecule has 4 bridgehead atoms. The van der Waals surface area contributed by atoms with Crippen molar-refractivity contribution in [1.29, 1.82) is 0 Å². The molecule has 0 amide bonds. The standard InChI is InChI=1S/C28H35N5O2S2.C24H29N5S.C4H6O2S.2CH4/c1-14(2)23-24-17(5)26(21-9-20-8-18(21)10-32(20)19-6-7-37(34,35)12-19)36-28(24)31-25(23)22-11-33-27(29-13-30-33)16(4)15(22)3;1-11(2)19-20-14(5)22(17-7-16-6-15(17)8-25-16)30-24(20)28-21(19)18-9-29-23(26-10-27-29)13(4)12(18)3;5-7(6)3-1-2-4-7;;/h11,13-14,18-21,31H,6-10,12H2,1-5H3;9-11,15-17,25,28H,6-8H2,1-5H3;1,3H,2,4H2;2*1H4/t18-,19?,20-,21+;15-,16-,17+;;;/m00.../s1. The average Bonchev–Trinajstić information content (AvgIpc) is 4.19. The van der Waals surface area contributed by atoms with E-state index in [1.807, 2.05) is 31.7 Å². The lowest BCUT2D eigenvalue weighted by Gasteiger charge is -2.35. The molecule has 6 aliphatic rings. The van der Waals surface area contributed by atoms with Crippen molar-refractivity contribution < 1.29 is 16.8 Å². The Morgan fingerprint density at radius 3 is 1.58 bits per heavy atom. The summed E-state index contributed by atoms with van der Waals surface area (Å²) >= 11 is 3.96. The highest BCUT2D eigenvalue weighted by atomic mass is 32.2. The Balaban J connectivity index is 0.000000152. The average molecular weight is 1110 g/mol. The molecule has 14 nitrogen and oxygen atoms in total. The molecule has 3 N–H and O–H groups in total. The van der Waals surface area contributed by atoms with Crippen LogP contribution in [0.25, 0.3) is 54.2 Å². The van der Waals surface area contributed by atoms with Gasteiger partial charge in [0.2, 0.25) is 0 Å². The minimum Gasteiger partial charge on any atom is -0.346 e. The number of nitrogens with one attached hydrogen (secondary N) is 3. The fraction of sp³-hybridized carbons (Fsp3) is 0.552. The van der Waals surface area contributed by atoms with E-state index in [1.54, 1.807) is 28.5 Å². The first-order valence-electron chi connectivity index (χ1n) is 26.8. The molecule has 408 valence electrons. The molecule has 4 aliphatic heterocycles. The Morgan fingerprint density at radius 1 is 0.645 bits per heavy atom. The number of hydrogen-bond donors (Lipinski definition) is 3. The maximum atomic E-state index is 12.1. The summed E-state index contributed by atoms with van der Waals surface area (Å²) in [5.41, 5.74) is 17.5. The van der Waals surface area contributed by atoms with E-state index in [2.05, 4.69) is 122 Å². The number of H-pyrrole nitrogens is 2. The van der Waals surface area contributed by atoms with Gasteiger partial charge in [0.1, 0.15) is 22.3 Å². The smallest absolute Gasteiger partial charge is 0.171 e. The number of rotatable bonds is 7. The van der Waals surface area contributed by atoms with E-state index in [0.717, 1.165) is 48.6 Å². The van der Waals surface area contributed by atoms with Gasteiger partial charge < -0.3 is 15.3 Å². The van der Waals surface area contributed by atoms with Gasteiger partial charge in [0.15, 0.2) is 31.0 Å². The zero-order valence-corrected chi connectivity index (χ0v) is 47.6. The molecular formula is C58H78N10O4S4.